The SMILES string of the molecule is C#Cc1ccc(I)c(N(c2ccccc2)c2ncnc3cc(OCCOC)c(OCCOC)cc23)c1. The topological polar surface area (TPSA) is 65.9 Å². The lowest BCUT2D eigenvalue weighted by molar-refractivity contribution is 0.132. The Bertz CT molecular complexity index is 1360. The highest BCUT2D eigenvalue weighted by molar-refractivity contribution is 14.1. The Morgan fingerprint density at radius 3 is 2.22 bits per heavy atom. The van der Waals surface area contributed by atoms with Crippen LogP contribution in [0.4, 0.5) is 17.2 Å². The largest absolute Gasteiger partial charge is 0.487 e. The number of aromatic nitrogens is 2. The highest BCUT2D eigenvalue weighted by Gasteiger charge is 2.21. The number of rotatable bonds is 11. The van der Waals surface area contributed by atoms with Crippen LogP contribution < -0.4 is 14.4 Å². The molecule has 0 aliphatic rings. The van der Waals surface area contributed by atoms with E-state index in [9.17, 15) is 0 Å². The molecule has 0 fully saturated rings. The van der Waals surface area contributed by atoms with Crippen LogP contribution in [-0.2, 0) is 9.47 Å². The highest BCUT2D eigenvalue weighted by Crippen LogP contribution is 2.42. The molecule has 0 spiro atoms. The van der Waals surface area contributed by atoms with Crippen molar-refractivity contribution in [2.75, 3.05) is 45.5 Å². The zero-order chi connectivity index (χ0) is 25.3. The second-order valence-electron chi connectivity index (χ2n) is 7.68. The maximum Gasteiger partial charge on any atom is 0.163 e. The monoisotopic (exact) mass is 595 g/mol. The predicted octanol–water partition coefficient (Wildman–Crippen LogP) is 5.74. The van der Waals surface area contributed by atoms with Crippen molar-refractivity contribution in [3.8, 4) is 23.8 Å². The molecule has 0 saturated carbocycles. The van der Waals surface area contributed by atoms with Gasteiger partial charge >= 0.3 is 0 Å². The van der Waals surface area contributed by atoms with Crippen LogP contribution in [0.25, 0.3) is 10.9 Å². The molecule has 0 saturated heterocycles. The van der Waals surface area contributed by atoms with Gasteiger partial charge in [0.1, 0.15) is 25.4 Å². The van der Waals surface area contributed by atoms with E-state index < -0.39 is 0 Å². The number of anilines is 3. The maximum absolute atomic E-state index is 6.03. The van der Waals surface area contributed by atoms with Crippen molar-refractivity contribution in [2.24, 2.45) is 0 Å². The van der Waals surface area contributed by atoms with Crippen LogP contribution in [0.1, 0.15) is 5.56 Å². The summed E-state index contributed by atoms with van der Waals surface area (Å²) in [6.45, 7) is 1.65. The van der Waals surface area contributed by atoms with Crippen LogP contribution in [0.5, 0.6) is 11.5 Å². The van der Waals surface area contributed by atoms with Gasteiger partial charge in [-0.1, -0.05) is 24.1 Å². The van der Waals surface area contributed by atoms with Crippen molar-refractivity contribution in [1.82, 2.24) is 9.97 Å². The van der Waals surface area contributed by atoms with Gasteiger partial charge in [-0.25, -0.2) is 9.97 Å². The van der Waals surface area contributed by atoms with Crippen molar-refractivity contribution < 1.29 is 18.9 Å². The first kappa shape index (κ1) is 25.7. The predicted molar refractivity (Wildman–Crippen MR) is 150 cm³/mol. The van der Waals surface area contributed by atoms with Gasteiger partial charge in [0.05, 0.1) is 24.4 Å². The zero-order valence-electron chi connectivity index (χ0n) is 20.1. The summed E-state index contributed by atoms with van der Waals surface area (Å²) >= 11 is 2.32. The van der Waals surface area contributed by atoms with E-state index in [2.05, 4.69) is 38.4 Å². The standard InChI is InChI=1S/C28H26IN3O4/c1-4-20-10-11-23(29)25(16-20)32(21-8-6-5-7-9-21)28-22-17-26(35-14-12-33-2)27(36-15-13-34-3)18-24(22)30-19-31-28/h1,5-11,16-19H,12-15H2,2-3H3. The lowest BCUT2D eigenvalue weighted by atomic mass is 10.1. The molecule has 8 heteroatoms. The summed E-state index contributed by atoms with van der Waals surface area (Å²) in [5, 5.41) is 0.801. The van der Waals surface area contributed by atoms with Crippen molar-refractivity contribution in [3.05, 3.63) is 76.1 Å². The number of halogens is 1. The number of hydrogen-bond acceptors (Lipinski definition) is 7. The van der Waals surface area contributed by atoms with Crippen molar-refractivity contribution >= 4 is 50.7 Å². The van der Waals surface area contributed by atoms with Gasteiger partial charge in [-0.05, 0) is 59.0 Å². The van der Waals surface area contributed by atoms with Gasteiger partial charge in [-0.15, -0.1) is 6.42 Å². The molecule has 0 N–H and O–H groups in total. The number of methoxy groups -OCH3 is 2. The summed E-state index contributed by atoms with van der Waals surface area (Å²) in [7, 11) is 3.27. The fourth-order valence-electron chi connectivity index (χ4n) is 3.65. The molecule has 1 heterocycles. The lowest BCUT2D eigenvalue weighted by Gasteiger charge is -2.27. The first-order valence-corrected chi connectivity index (χ1v) is 12.4. The lowest BCUT2D eigenvalue weighted by Crippen LogP contribution is -2.14. The number of hydrogen-bond donors (Lipinski definition) is 0. The number of fused-ring (bicyclic) bond motifs is 1. The van der Waals surface area contributed by atoms with E-state index in [1.165, 1.54) is 0 Å². The quantitative estimate of drug-likeness (QED) is 0.125. The van der Waals surface area contributed by atoms with Crippen LogP contribution in [0.15, 0.2) is 67.0 Å². The molecule has 7 nitrogen and oxygen atoms in total. The van der Waals surface area contributed by atoms with E-state index in [1.807, 2.05) is 60.7 Å². The second-order valence-corrected chi connectivity index (χ2v) is 8.84. The molecule has 4 aromatic rings. The molecule has 36 heavy (non-hydrogen) atoms. The van der Waals surface area contributed by atoms with Gasteiger partial charge in [0.15, 0.2) is 11.5 Å². The summed E-state index contributed by atoms with van der Waals surface area (Å²) in [5.74, 6) is 4.59. The molecule has 0 amide bonds. The second kappa shape index (κ2) is 12.5. The summed E-state index contributed by atoms with van der Waals surface area (Å²) in [6.07, 6.45) is 7.29. The van der Waals surface area contributed by atoms with Crippen molar-refractivity contribution in [3.63, 3.8) is 0 Å². The Morgan fingerprint density at radius 2 is 1.56 bits per heavy atom. The number of terminal acetylenes is 1. The molecule has 1 aromatic heterocycles. The highest BCUT2D eigenvalue weighted by atomic mass is 127. The molecule has 0 bridgehead atoms. The van der Waals surface area contributed by atoms with Crippen molar-refractivity contribution in [1.29, 1.82) is 0 Å². The fraction of sp³-hybridized carbons (Fsp3) is 0.214. The molecule has 0 aliphatic carbocycles. The van der Waals surface area contributed by atoms with E-state index in [4.69, 9.17) is 30.4 Å². The van der Waals surface area contributed by atoms with Gasteiger partial charge in [-0.2, -0.15) is 0 Å². The van der Waals surface area contributed by atoms with Crippen molar-refractivity contribution in [2.45, 2.75) is 0 Å². The van der Waals surface area contributed by atoms with Crippen LogP contribution in [0.2, 0.25) is 0 Å². The normalized spacial score (nSPS) is 10.7. The molecule has 0 unspecified atom stereocenters. The molecule has 0 atom stereocenters. The molecule has 184 valence electrons. The molecular formula is C28H26IN3O4. The average molecular weight is 595 g/mol. The summed E-state index contributed by atoms with van der Waals surface area (Å²) in [5.41, 5.74) is 3.35. The molecule has 0 radical (unpaired) electrons. The minimum absolute atomic E-state index is 0.371. The molecule has 3 aromatic carbocycles. The van der Waals surface area contributed by atoms with Gasteiger partial charge < -0.3 is 18.9 Å². The van der Waals surface area contributed by atoms with E-state index in [0.29, 0.717) is 43.7 Å². The van der Waals surface area contributed by atoms with Gasteiger partial charge in [-0.3, -0.25) is 4.90 Å². The third kappa shape index (κ3) is 5.87. The maximum atomic E-state index is 6.03. The van der Waals surface area contributed by atoms with E-state index in [-0.39, 0.29) is 0 Å². The Morgan fingerprint density at radius 1 is 0.861 bits per heavy atom. The number of benzene rings is 3. The Kier molecular flexibility index (Phi) is 8.95. The third-order valence-corrected chi connectivity index (χ3v) is 6.26. The van der Waals surface area contributed by atoms with E-state index in [0.717, 1.165) is 31.4 Å². The van der Waals surface area contributed by atoms with Crippen LogP contribution in [-0.4, -0.2) is 50.6 Å². The van der Waals surface area contributed by atoms with E-state index in [1.54, 1.807) is 20.5 Å². The van der Waals surface area contributed by atoms with Crippen LogP contribution in [0.3, 0.4) is 0 Å². The summed E-state index contributed by atoms with van der Waals surface area (Å²) in [6, 6.07) is 19.7. The number of nitrogens with zero attached hydrogens (tertiary/aromatic N) is 3. The Hall–Kier alpha value is -3.39. The number of ether oxygens (including phenoxy) is 4. The minimum Gasteiger partial charge on any atom is -0.487 e. The Labute approximate surface area is 224 Å². The number of para-hydroxylation sites is 1. The van der Waals surface area contributed by atoms with Crippen LogP contribution >= 0.6 is 22.6 Å². The van der Waals surface area contributed by atoms with Gasteiger partial charge in [0.25, 0.3) is 0 Å². The zero-order valence-corrected chi connectivity index (χ0v) is 22.3. The van der Waals surface area contributed by atoms with Gasteiger partial charge in [0, 0.05) is 40.5 Å². The minimum atomic E-state index is 0.371. The van der Waals surface area contributed by atoms with E-state index >= 15 is 0 Å². The third-order valence-electron chi connectivity index (χ3n) is 5.35. The first-order chi connectivity index (χ1) is 17.7. The first-order valence-electron chi connectivity index (χ1n) is 11.3. The van der Waals surface area contributed by atoms with Gasteiger partial charge in [0.2, 0.25) is 0 Å². The Balaban J connectivity index is 1.91. The average Bonchev–Trinajstić information content (AvgIpc) is 2.91. The molecular weight excluding hydrogens is 569 g/mol. The molecule has 4 rings (SSSR count). The smallest absolute Gasteiger partial charge is 0.163 e. The summed E-state index contributed by atoms with van der Waals surface area (Å²) in [4.78, 5) is 11.3. The summed E-state index contributed by atoms with van der Waals surface area (Å²) < 4.78 is 23.3. The fourth-order valence-corrected chi connectivity index (χ4v) is 4.23. The molecule has 0 aliphatic heterocycles. The van der Waals surface area contributed by atoms with Crippen LogP contribution in [0, 0.1) is 15.9 Å².